The van der Waals surface area contributed by atoms with Gasteiger partial charge in [0.25, 0.3) is 0 Å². The van der Waals surface area contributed by atoms with Gasteiger partial charge >= 0.3 is 0 Å². The number of sulfonamides is 1. The van der Waals surface area contributed by atoms with Crippen molar-refractivity contribution in [1.29, 1.82) is 0 Å². The van der Waals surface area contributed by atoms with E-state index in [2.05, 4.69) is 17.0 Å². The molecule has 1 aliphatic rings. The molecule has 6 heteroatoms. The van der Waals surface area contributed by atoms with Crippen molar-refractivity contribution in [2.45, 2.75) is 43.5 Å². The summed E-state index contributed by atoms with van der Waals surface area (Å²) in [6.45, 7) is 2.25. The van der Waals surface area contributed by atoms with Crippen molar-refractivity contribution in [3.8, 4) is 0 Å². The van der Waals surface area contributed by atoms with Crippen molar-refractivity contribution in [2.75, 3.05) is 18.1 Å². The van der Waals surface area contributed by atoms with E-state index in [1.165, 1.54) is 26.0 Å². The lowest BCUT2D eigenvalue weighted by Crippen LogP contribution is -2.27. The summed E-state index contributed by atoms with van der Waals surface area (Å²) >= 11 is 0. The molecule has 2 atom stereocenters. The second kappa shape index (κ2) is 6.01. The first-order valence-electron chi connectivity index (χ1n) is 7.02. The molecular formula is C14H23N3O2S. The first kappa shape index (κ1) is 15.1. The van der Waals surface area contributed by atoms with Crippen LogP contribution >= 0.6 is 0 Å². The maximum atomic E-state index is 11.8. The summed E-state index contributed by atoms with van der Waals surface area (Å²) in [4.78, 5) is 0.237. The van der Waals surface area contributed by atoms with E-state index >= 15 is 0 Å². The number of nitrogens with one attached hydrogen (secondary N) is 2. The van der Waals surface area contributed by atoms with Gasteiger partial charge in [0, 0.05) is 6.04 Å². The van der Waals surface area contributed by atoms with E-state index in [1.54, 1.807) is 12.1 Å². The molecule has 20 heavy (non-hydrogen) atoms. The van der Waals surface area contributed by atoms with Gasteiger partial charge in [-0.3, -0.25) is 0 Å². The summed E-state index contributed by atoms with van der Waals surface area (Å²) in [6, 6.07) is 5.14. The van der Waals surface area contributed by atoms with Crippen molar-refractivity contribution < 1.29 is 8.42 Å². The van der Waals surface area contributed by atoms with Gasteiger partial charge in [-0.1, -0.05) is 19.8 Å². The van der Waals surface area contributed by atoms with Crippen molar-refractivity contribution in [2.24, 2.45) is 5.92 Å². The van der Waals surface area contributed by atoms with Crippen LogP contribution in [0.4, 0.5) is 11.4 Å². The Morgan fingerprint density at radius 3 is 2.70 bits per heavy atom. The molecule has 0 bridgehead atoms. The molecule has 0 radical (unpaired) electrons. The first-order valence-corrected chi connectivity index (χ1v) is 8.50. The van der Waals surface area contributed by atoms with E-state index in [0.717, 1.165) is 12.8 Å². The summed E-state index contributed by atoms with van der Waals surface area (Å²) < 4.78 is 26.0. The molecule has 0 saturated heterocycles. The molecule has 2 rings (SSSR count). The molecule has 1 aliphatic carbocycles. The second-order valence-electron chi connectivity index (χ2n) is 5.57. The highest BCUT2D eigenvalue weighted by Crippen LogP contribution is 2.29. The lowest BCUT2D eigenvalue weighted by molar-refractivity contribution is 0.358. The average molecular weight is 297 g/mol. The third kappa shape index (κ3) is 3.43. The average Bonchev–Trinajstić information content (AvgIpc) is 2.41. The Morgan fingerprint density at radius 1 is 1.30 bits per heavy atom. The van der Waals surface area contributed by atoms with Crippen molar-refractivity contribution in [3.05, 3.63) is 18.2 Å². The molecule has 4 N–H and O–H groups in total. The molecule has 0 heterocycles. The van der Waals surface area contributed by atoms with E-state index < -0.39 is 10.0 Å². The summed E-state index contributed by atoms with van der Waals surface area (Å²) in [5.74, 6) is 0.701. The highest BCUT2D eigenvalue weighted by Gasteiger charge is 2.20. The van der Waals surface area contributed by atoms with Crippen LogP contribution in [0.3, 0.4) is 0 Å². The van der Waals surface area contributed by atoms with Crippen LogP contribution in [0.15, 0.2) is 23.1 Å². The number of hydrogen-bond donors (Lipinski definition) is 3. The standard InChI is InChI=1S/C14H23N3O2S/c1-10-4-3-5-11(8-10)17-14-9-12(6-7-13(14)15)20(18,19)16-2/h6-7,9-11,16-17H,3-5,8,15H2,1-2H3. The highest BCUT2D eigenvalue weighted by molar-refractivity contribution is 7.89. The van der Waals surface area contributed by atoms with Crippen LogP contribution in [0.2, 0.25) is 0 Å². The van der Waals surface area contributed by atoms with Crippen LogP contribution < -0.4 is 15.8 Å². The predicted octanol–water partition coefficient (Wildman–Crippen LogP) is 2.17. The minimum Gasteiger partial charge on any atom is -0.397 e. The van der Waals surface area contributed by atoms with Crippen LogP contribution in [0.25, 0.3) is 0 Å². The number of nitrogen functional groups attached to an aromatic ring is 1. The van der Waals surface area contributed by atoms with Crippen molar-refractivity contribution >= 4 is 21.4 Å². The fraction of sp³-hybridized carbons (Fsp3) is 0.571. The molecule has 0 spiro atoms. The van der Waals surface area contributed by atoms with Gasteiger partial charge in [0.15, 0.2) is 0 Å². The monoisotopic (exact) mass is 297 g/mol. The first-order chi connectivity index (χ1) is 9.42. The predicted molar refractivity (Wildman–Crippen MR) is 82.1 cm³/mol. The number of hydrogen-bond acceptors (Lipinski definition) is 4. The summed E-state index contributed by atoms with van der Waals surface area (Å²) in [6.07, 6.45) is 4.67. The van der Waals surface area contributed by atoms with E-state index in [-0.39, 0.29) is 4.90 Å². The Balaban J connectivity index is 2.21. The van der Waals surface area contributed by atoms with Crippen molar-refractivity contribution in [1.82, 2.24) is 4.72 Å². The maximum absolute atomic E-state index is 11.8. The van der Waals surface area contributed by atoms with Gasteiger partial charge in [0.05, 0.1) is 16.3 Å². The van der Waals surface area contributed by atoms with Gasteiger partial charge < -0.3 is 11.1 Å². The van der Waals surface area contributed by atoms with Crippen molar-refractivity contribution in [3.63, 3.8) is 0 Å². The molecule has 0 amide bonds. The molecule has 5 nitrogen and oxygen atoms in total. The minimum absolute atomic E-state index is 0.237. The molecule has 112 valence electrons. The highest BCUT2D eigenvalue weighted by atomic mass is 32.2. The van der Waals surface area contributed by atoms with Gasteiger partial charge in [-0.05, 0) is 44.0 Å². The lowest BCUT2D eigenvalue weighted by Gasteiger charge is -2.28. The topological polar surface area (TPSA) is 84.2 Å². The van der Waals surface area contributed by atoms with Crippen LogP contribution in [0.5, 0.6) is 0 Å². The quantitative estimate of drug-likeness (QED) is 0.744. The Hall–Kier alpha value is -1.27. The fourth-order valence-corrected chi connectivity index (χ4v) is 3.49. The largest absolute Gasteiger partial charge is 0.397 e. The summed E-state index contributed by atoms with van der Waals surface area (Å²) in [7, 11) is -2.03. The maximum Gasteiger partial charge on any atom is 0.240 e. The number of anilines is 2. The lowest BCUT2D eigenvalue weighted by atomic mass is 9.87. The third-order valence-corrected chi connectivity index (χ3v) is 5.31. The zero-order valence-corrected chi connectivity index (χ0v) is 12.8. The summed E-state index contributed by atoms with van der Waals surface area (Å²) in [5, 5.41) is 3.40. The Bertz CT molecular complexity index is 572. The molecule has 1 saturated carbocycles. The van der Waals surface area contributed by atoms with Gasteiger partial charge in [-0.2, -0.15) is 0 Å². The van der Waals surface area contributed by atoms with E-state index in [9.17, 15) is 8.42 Å². The second-order valence-corrected chi connectivity index (χ2v) is 7.46. The number of benzene rings is 1. The molecule has 1 aromatic carbocycles. The zero-order valence-electron chi connectivity index (χ0n) is 12.0. The molecule has 0 aliphatic heterocycles. The van der Waals surface area contributed by atoms with Gasteiger partial charge in [0.2, 0.25) is 10.0 Å². The Labute approximate surface area is 121 Å². The summed E-state index contributed by atoms with van der Waals surface area (Å²) in [5.41, 5.74) is 7.24. The molecule has 1 fully saturated rings. The fourth-order valence-electron chi connectivity index (χ4n) is 2.73. The number of nitrogens with two attached hydrogens (primary N) is 1. The molecule has 0 aromatic heterocycles. The molecule has 2 unspecified atom stereocenters. The Morgan fingerprint density at radius 2 is 2.05 bits per heavy atom. The van der Waals surface area contributed by atoms with Crippen LogP contribution in [-0.2, 0) is 10.0 Å². The smallest absolute Gasteiger partial charge is 0.240 e. The number of rotatable bonds is 4. The van der Waals surface area contributed by atoms with Gasteiger partial charge in [-0.15, -0.1) is 0 Å². The van der Waals surface area contributed by atoms with E-state index in [4.69, 9.17) is 5.73 Å². The third-order valence-electron chi connectivity index (χ3n) is 3.90. The molecule has 1 aromatic rings. The minimum atomic E-state index is -3.43. The van der Waals surface area contributed by atoms with Crippen LogP contribution in [0, 0.1) is 5.92 Å². The zero-order chi connectivity index (χ0) is 14.8. The van der Waals surface area contributed by atoms with Crippen LogP contribution in [0.1, 0.15) is 32.6 Å². The van der Waals surface area contributed by atoms with Gasteiger partial charge in [-0.25, -0.2) is 13.1 Å². The van der Waals surface area contributed by atoms with E-state index in [1.807, 2.05) is 0 Å². The van der Waals surface area contributed by atoms with Gasteiger partial charge in [0.1, 0.15) is 0 Å². The SMILES string of the molecule is CNS(=O)(=O)c1ccc(N)c(NC2CCCC(C)C2)c1. The van der Waals surface area contributed by atoms with Crippen LogP contribution in [-0.4, -0.2) is 21.5 Å². The molecular weight excluding hydrogens is 274 g/mol. The normalized spacial score (nSPS) is 23.5. The Kier molecular flexibility index (Phi) is 4.55. The van der Waals surface area contributed by atoms with E-state index in [0.29, 0.717) is 23.3 Å².